The Morgan fingerprint density at radius 1 is 1.15 bits per heavy atom. The predicted octanol–water partition coefficient (Wildman–Crippen LogP) is 2.81. The molecule has 0 radical (unpaired) electrons. The maximum atomic E-state index is 12.5. The molecular weight excluding hydrogens is 365 g/mol. The van der Waals surface area contributed by atoms with Crippen LogP contribution < -0.4 is 5.32 Å². The molecule has 0 aromatic heterocycles. The lowest BCUT2D eigenvalue weighted by Crippen LogP contribution is -2.32. The zero-order chi connectivity index (χ0) is 14.1. The quantitative estimate of drug-likeness (QED) is 0.647. The molecule has 1 amide bonds. The molecule has 1 aliphatic heterocycles. The van der Waals surface area contributed by atoms with Crippen molar-refractivity contribution in [3.63, 3.8) is 0 Å². The second-order valence-electron chi connectivity index (χ2n) is 4.69. The summed E-state index contributed by atoms with van der Waals surface area (Å²) in [5, 5.41) is 2.80. The number of hydrogen-bond donors (Lipinski definition) is 1. The molecular formula is C16H12INO2. The van der Waals surface area contributed by atoms with E-state index >= 15 is 0 Å². The van der Waals surface area contributed by atoms with Crippen molar-refractivity contribution in [3.8, 4) is 0 Å². The molecule has 0 aliphatic carbocycles. The first-order chi connectivity index (χ1) is 9.66. The number of rotatable bonds is 2. The Hall–Kier alpha value is -1.69. The molecule has 3 nitrogen and oxygen atoms in total. The highest BCUT2D eigenvalue weighted by Gasteiger charge is 2.19. The van der Waals surface area contributed by atoms with Crippen molar-refractivity contribution in [1.29, 1.82) is 0 Å². The number of carbonyl (C=O) groups excluding carboxylic acids is 2. The van der Waals surface area contributed by atoms with E-state index in [2.05, 4.69) is 27.9 Å². The van der Waals surface area contributed by atoms with Crippen LogP contribution in [0.3, 0.4) is 0 Å². The third kappa shape index (κ3) is 2.35. The number of halogens is 1. The zero-order valence-corrected chi connectivity index (χ0v) is 12.8. The Bertz CT molecular complexity index is 709. The largest absolute Gasteiger partial charge is 0.352 e. The fraction of sp³-hybridized carbons (Fsp3) is 0.125. The third-order valence-corrected chi connectivity index (χ3v) is 4.36. The minimum Gasteiger partial charge on any atom is -0.352 e. The van der Waals surface area contributed by atoms with Gasteiger partial charge in [-0.05, 0) is 52.8 Å². The van der Waals surface area contributed by atoms with Gasteiger partial charge in [0.05, 0.1) is 0 Å². The van der Waals surface area contributed by atoms with Gasteiger partial charge < -0.3 is 5.32 Å². The Morgan fingerprint density at radius 2 is 1.95 bits per heavy atom. The Morgan fingerprint density at radius 3 is 2.75 bits per heavy atom. The fourth-order valence-electron chi connectivity index (χ4n) is 2.35. The Kier molecular flexibility index (Phi) is 3.56. The molecule has 2 aromatic carbocycles. The van der Waals surface area contributed by atoms with Crippen LogP contribution in [0, 0.1) is 3.57 Å². The number of benzene rings is 2. The second kappa shape index (κ2) is 5.36. The van der Waals surface area contributed by atoms with Crippen LogP contribution in [-0.2, 0) is 6.42 Å². The number of amides is 1. The van der Waals surface area contributed by atoms with Gasteiger partial charge in [-0.2, -0.15) is 0 Å². The Balaban J connectivity index is 2.03. The molecule has 0 spiro atoms. The lowest BCUT2D eigenvalue weighted by Gasteiger charge is -2.17. The van der Waals surface area contributed by atoms with E-state index in [-0.39, 0.29) is 11.7 Å². The summed E-state index contributed by atoms with van der Waals surface area (Å²) in [7, 11) is 0. The summed E-state index contributed by atoms with van der Waals surface area (Å²) in [6.07, 6.45) is 0.818. The van der Waals surface area contributed by atoms with Gasteiger partial charge in [0.25, 0.3) is 5.91 Å². The highest BCUT2D eigenvalue weighted by molar-refractivity contribution is 14.1. The molecule has 100 valence electrons. The maximum Gasteiger partial charge on any atom is 0.251 e. The van der Waals surface area contributed by atoms with Gasteiger partial charge in [-0.1, -0.05) is 24.3 Å². The number of fused-ring (bicyclic) bond motifs is 1. The molecule has 2 aromatic rings. The van der Waals surface area contributed by atoms with Crippen molar-refractivity contribution in [3.05, 3.63) is 68.3 Å². The van der Waals surface area contributed by atoms with Gasteiger partial charge in [-0.25, -0.2) is 0 Å². The van der Waals surface area contributed by atoms with Crippen molar-refractivity contribution in [2.75, 3.05) is 6.54 Å². The van der Waals surface area contributed by atoms with Crippen LogP contribution >= 0.6 is 22.6 Å². The van der Waals surface area contributed by atoms with E-state index < -0.39 is 0 Å². The lowest BCUT2D eigenvalue weighted by atomic mass is 9.94. The first-order valence-corrected chi connectivity index (χ1v) is 7.45. The molecule has 0 bridgehead atoms. The third-order valence-electron chi connectivity index (χ3n) is 3.42. The molecule has 0 saturated heterocycles. The summed E-state index contributed by atoms with van der Waals surface area (Å²) >= 11 is 2.15. The van der Waals surface area contributed by atoms with Crippen molar-refractivity contribution >= 4 is 34.3 Å². The van der Waals surface area contributed by atoms with Crippen LogP contribution in [0.1, 0.15) is 31.8 Å². The summed E-state index contributed by atoms with van der Waals surface area (Å²) < 4.78 is 0.914. The molecule has 0 saturated carbocycles. The normalized spacial score (nSPS) is 13.6. The summed E-state index contributed by atoms with van der Waals surface area (Å²) in [6.45, 7) is 0.662. The standard InChI is InChI=1S/C16H12INO2/c17-14-4-2-1-3-12(14)15(19)11-6-5-10-7-8-18-16(20)13(10)9-11/h1-6,9H,7-8H2,(H,18,20). The zero-order valence-electron chi connectivity index (χ0n) is 10.7. The summed E-state index contributed by atoms with van der Waals surface area (Å²) in [5.74, 6) is -0.139. The van der Waals surface area contributed by atoms with Crippen molar-refractivity contribution in [2.24, 2.45) is 0 Å². The van der Waals surface area contributed by atoms with Gasteiger partial charge >= 0.3 is 0 Å². The van der Waals surface area contributed by atoms with Crippen molar-refractivity contribution in [1.82, 2.24) is 5.32 Å². The number of hydrogen-bond acceptors (Lipinski definition) is 2. The summed E-state index contributed by atoms with van der Waals surface area (Å²) in [5.41, 5.74) is 2.86. The van der Waals surface area contributed by atoms with E-state index in [1.807, 2.05) is 36.4 Å². The minimum atomic E-state index is -0.0938. The first-order valence-electron chi connectivity index (χ1n) is 6.37. The van der Waals surface area contributed by atoms with Gasteiger partial charge in [0.1, 0.15) is 0 Å². The van der Waals surface area contributed by atoms with Gasteiger partial charge in [-0.15, -0.1) is 0 Å². The van der Waals surface area contributed by atoms with E-state index in [1.165, 1.54) is 0 Å². The number of ketones is 1. The minimum absolute atomic E-state index is 0.0452. The second-order valence-corrected chi connectivity index (χ2v) is 5.85. The molecule has 0 unspecified atom stereocenters. The van der Waals surface area contributed by atoms with Crippen LogP contribution in [0.25, 0.3) is 0 Å². The molecule has 20 heavy (non-hydrogen) atoms. The SMILES string of the molecule is O=C(c1ccc2c(c1)C(=O)NCC2)c1ccccc1I. The number of carbonyl (C=O) groups is 2. The average molecular weight is 377 g/mol. The lowest BCUT2D eigenvalue weighted by molar-refractivity contribution is 0.0946. The molecule has 0 atom stereocenters. The van der Waals surface area contributed by atoms with Crippen molar-refractivity contribution in [2.45, 2.75) is 6.42 Å². The monoisotopic (exact) mass is 377 g/mol. The highest BCUT2D eigenvalue weighted by Crippen LogP contribution is 2.20. The fourth-order valence-corrected chi connectivity index (χ4v) is 2.99. The topological polar surface area (TPSA) is 46.2 Å². The molecule has 3 rings (SSSR count). The van der Waals surface area contributed by atoms with E-state index in [0.29, 0.717) is 23.2 Å². The van der Waals surface area contributed by atoms with E-state index in [1.54, 1.807) is 6.07 Å². The summed E-state index contributed by atoms with van der Waals surface area (Å²) in [4.78, 5) is 24.4. The van der Waals surface area contributed by atoms with Crippen molar-refractivity contribution < 1.29 is 9.59 Å². The van der Waals surface area contributed by atoms with Gasteiger partial charge in [-0.3, -0.25) is 9.59 Å². The van der Waals surface area contributed by atoms with Crippen LogP contribution in [0.5, 0.6) is 0 Å². The summed E-state index contributed by atoms with van der Waals surface area (Å²) in [6, 6.07) is 12.9. The molecule has 1 N–H and O–H groups in total. The molecule has 0 fully saturated rings. The van der Waals surface area contributed by atoms with Crippen LogP contribution in [-0.4, -0.2) is 18.2 Å². The Labute approximate surface area is 130 Å². The smallest absolute Gasteiger partial charge is 0.251 e. The van der Waals surface area contributed by atoms with E-state index in [0.717, 1.165) is 15.6 Å². The average Bonchev–Trinajstić information content (AvgIpc) is 2.47. The predicted molar refractivity (Wildman–Crippen MR) is 85.1 cm³/mol. The molecule has 1 aliphatic rings. The van der Waals surface area contributed by atoms with Gasteiger partial charge in [0.2, 0.25) is 0 Å². The molecule has 1 heterocycles. The number of nitrogens with one attached hydrogen (secondary N) is 1. The van der Waals surface area contributed by atoms with Crippen LogP contribution in [0.15, 0.2) is 42.5 Å². The first kappa shape index (κ1) is 13.3. The molecule has 4 heteroatoms. The maximum absolute atomic E-state index is 12.5. The van der Waals surface area contributed by atoms with Crippen LogP contribution in [0.2, 0.25) is 0 Å². The van der Waals surface area contributed by atoms with E-state index in [4.69, 9.17) is 0 Å². The van der Waals surface area contributed by atoms with Gasteiger partial charge in [0.15, 0.2) is 5.78 Å². The van der Waals surface area contributed by atoms with Crippen LogP contribution in [0.4, 0.5) is 0 Å². The van der Waals surface area contributed by atoms with Gasteiger partial charge in [0, 0.05) is 26.8 Å². The highest BCUT2D eigenvalue weighted by atomic mass is 127. The van der Waals surface area contributed by atoms with E-state index in [9.17, 15) is 9.59 Å².